The lowest BCUT2D eigenvalue weighted by atomic mass is 9.96. The fourth-order valence-corrected chi connectivity index (χ4v) is 2.65. The van der Waals surface area contributed by atoms with Crippen molar-refractivity contribution in [2.24, 2.45) is 0 Å². The van der Waals surface area contributed by atoms with Crippen molar-refractivity contribution in [2.45, 2.75) is 18.8 Å². The van der Waals surface area contributed by atoms with Crippen LogP contribution in [0.25, 0.3) is 0 Å². The van der Waals surface area contributed by atoms with Crippen molar-refractivity contribution < 1.29 is 9.18 Å². The molecule has 0 amide bonds. The molecule has 1 atom stereocenters. The summed E-state index contributed by atoms with van der Waals surface area (Å²) in [5, 5.41) is 9.27. The number of carbonyl (C=O) groups excluding carboxylic acids is 1. The number of nitriles is 1. The zero-order valence-corrected chi connectivity index (χ0v) is 12.4. The largest absolute Gasteiger partial charge is 0.357 e. The second kappa shape index (κ2) is 6.53. The summed E-state index contributed by atoms with van der Waals surface area (Å²) in [6.07, 6.45) is 4.79. The predicted molar refractivity (Wildman–Crippen MR) is 82.6 cm³/mol. The Hall–Kier alpha value is -2.81. The van der Waals surface area contributed by atoms with Crippen LogP contribution in [0.4, 0.5) is 10.2 Å². The normalized spacial score (nSPS) is 15.2. The van der Waals surface area contributed by atoms with E-state index in [1.165, 1.54) is 18.3 Å². The molecule has 0 N–H and O–H groups in total. The van der Waals surface area contributed by atoms with Gasteiger partial charge in [-0.2, -0.15) is 5.26 Å². The lowest BCUT2D eigenvalue weighted by Gasteiger charge is -2.16. The Labute approximate surface area is 133 Å². The van der Waals surface area contributed by atoms with Gasteiger partial charge in [0.05, 0.1) is 18.0 Å². The van der Waals surface area contributed by atoms with Crippen LogP contribution in [0, 0.1) is 17.1 Å². The van der Waals surface area contributed by atoms with E-state index in [4.69, 9.17) is 0 Å². The third kappa shape index (κ3) is 3.19. The molecule has 1 aliphatic rings. The van der Waals surface area contributed by atoms with E-state index in [1.54, 1.807) is 12.1 Å². The molecule has 6 heteroatoms. The second-order valence-corrected chi connectivity index (χ2v) is 5.43. The Bertz CT molecular complexity index is 731. The van der Waals surface area contributed by atoms with Gasteiger partial charge in [-0.3, -0.25) is 9.78 Å². The van der Waals surface area contributed by atoms with Crippen LogP contribution < -0.4 is 4.90 Å². The fraction of sp³-hybridized carbons (Fsp3) is 0.294. The molecule has 116 valence electrons. The Morgan fingerprint density at radius 1 is 1.17 bits per heavy atom. The van der Waals surface area contributed by atoms with Gasteiger partial charge in [-0.15, -0.1) is 0 Å². The van der Waals surface area contributed by atoms with Crippen molar-refractivity contribution in [2.75, 3.05) is 18.0 Å². The van der Waals surface area contributed by atoms with Gasteiger partial charge in [-0.25, -0.2) is 9.37 Å². The fourth-order valence-electron chi connectivity index (χ4n) is 2.65. The van der Waals surface area contributed by atoms with E-state index >= 15 is 0 Å². The SMILES string of the molecule is N#CC(C(=O)c1ccc(N2CCCC2)nc1)c1ccc(F)cn1. The molecule has 0 spiro atoms. The topological polar surface area (TPSA) is 69.9 Å². The number of pyridine rings is 2. The Morgan fingerprint density at radius 2 is 1.96 bits per heavy atom. The molecule has 2 aromatic rings. The van der Waals surface area contributed by atoms with Crippen molar-refractivity contribution >= 4 is 11.6 Å². The zero-order chi connectivity index (χ0) is 16.2. The lowest BCUT2D eigenvalue weighted by Crippen LogP contribution is -2.19. The van der Waals surface area contributed by atoms with Crippen LogP contribution in [0.1, 0.15) is 34.8 Å². The highest BCUT2D eigenvalue weighted by Gasteiger charge is 2.24. The van der Waals surface area contributed by atoms with Crippen molar-refractivity contribution in [3.05, 3.63) is 53.7 Å². The maximum Gasteiger partial charge on any atom is 0.187 e. The number of rotatable bonds is 4. The molecule has 0 aliphatic carbocycles. The summed E-state index contributed by atoms with van der Waals surface area (Å²) in [4.78, 5) is 22.8. The van der Waals surface area contributed by atoms with Crippen molar-refractivity contribution in [3.63, 3.8) is 0 Å². The molecule has 1 aliphatic heterocycles. The number of hydrogen-bond donors (Lipinski definition) is 0. The first-order chi connectivity index (χ1) is 11.2. The van der Waals surface area contributed by atoms with Crippen LogP contribution in [0.2, 0.25) is 0 Å². The zero-order valence-electron chi connectivity index (χ0n) is 12.4. The van der Waals surface area contributed by atoms with Crippen LogP contribution in [-0.2, 0) is 0 Å². The third-order valence-electron chi connectivity index (χ3n) is 3.90. The van der Waals surface area contributed by atoms with Gasteiger partial charge in [0.15, 0.2) is 11.7 Å². The maximum absolute atomic E-state index is 12.9. The van der Waals surface area contributed by atoms with Gasteiger partial charge in [0.2, 0.25) is 0 Å². The first-order valence-corrected chi connectivity index (χ1v) is 7.45. The molecular weight excluding hydrogens is 295 g/mol. The molecule has 0 radical (unpaired) electrons. The molecule has 1 saturated heterocycles. The summed E-state index contributed by atoms with van der Waals surface area (Å²) in [6, 6.07) is 7.95. The summed E-state index contributed by atoms with van der Waals surface area (Å²) < 4.78 is 12.9. The Kier molecular flexibility index (Phi) is 4.29. The van der Waals surface area contributed by atoms with Gasteiger partial charge in [0, 0.05) is 24.8 Å². The molecule has 1 unspecified atom stereocenters. The Morgan fingerprint density at radius 3 is 2.52 bits per heavy atom. The molecule has 23 heavy (non-hydrogen) atoms. The van der Waals surface area contributed by atoms with E-state index in [0.29, 0.717) is 5.56 Å². The number of hydrogen-bond acceptors (Lipinski definition) is 5. The molecule has 3 rings (SSSR count). The maximum atomic E-state index is 12.9. The number of carbonyl (C=O) groups is 1. The minimum absolute atomic E-state index is 0.238. The summed E-state index contributed by atoms with van der Waals surface area (Å²) in [7, 11) is 0. The highest BCUT2D eigenvalue weighted by molar-refractivity contribution is 6.02. The molecule has 0 aromatic carbocycles. The molecule has 0 saturated carbocycles. The smallest absolute Gasteiger partial charge is 0.187 e. The van der Waals surface area contributed by atoms with Crippen LogP contribution in [0.3, 0.4) is 0 Å². The van der Waals surface area contributed by atoms with Crippen molar-refractivity contribution in [3.8, 4) is 6.07 Å². The van der Waals surface area contributed by atoms with Gasteiger partial charge in [0.25, 0.3) is 0 Å². The number of nitrogens with zero attached hydrogens (tertiary/aromatic N) is 4. The predicted octanol–water partition coefficient (Wildman–Crippen LogP) is 2.71. The van der Waals surface area contributed by atoms with E-state index in [1.807, 2.05) is 6.07 Å². The van der Waals surface area contributed by atoms with E-state index in [0.717, 1.165) is 37.9 Å². The molecule has 3 heterocycles. The monoisotopic (exact) mass is 310 g/mol. The molecule has 1 fully saturated rings. The van der Waals surface area contributed by atoms with Crippen molar-refractivity contribution in [1.29, 1.82) is 5.26 Å². The average molecular weight is 310 g/mol. The van der Waals surface area contributed by atoms with Crippen LogP contribution in [0.5, 0.6) is 0 Å². The number of halogens is 1. The van der Waals surface area contributed by atoms with Crippen molar-refractivity contribution in [1.82, 2.24) is 9.97 Å². The minimum atomic E-state index is -1.06. The van der Waals surface area contributed by atoms with Crippen LogP contribution in [-0.4, -0.2) is 28.8 Å². The van der Waals surface area contributed by atoms with Gasteiger partial charge < -0.3 is 4.90 Å². The first kappa shape index (κ1) is 15.1. The van der Waals surface area contributed by atoms with Gasteiger partial charge in [0.1, 0.15) is 11.6 Å². The average Bonchev–Trinajstić information content (AvgIpc) is 3.12. The van der Waals surface area contributed by atoms with Crippen LogP contribution in [0.15, 0.2) is 36.7 Å². The molecule has 5 nitrogen and oxygen atoms in total. The Balaban J connectivity index is 1.80. The number of aromatic nitrogens is 2. The highest BCUT2D eigenvalue weighted by Crippen LogP contribution is 2.21. The van der Waals surface area contributed by atoms with Gasteiger partial charge in [-0.05, 0) is 37.1 Å². The summed E-state index contributed by atoms with van der Waals surface area (Å²) in [6.45, 7) is 1.95. The van der Waals surface area contributed by atoms with E-state index in [-0.39, 0.29) is 11.5 Å². The number of anilines is 1. The minimum Gasteiger partial charge on any atom is -0.357 e. The molecule has 2 aromatic heterocycles. The lowest BCUT2D eigenvalue weighted by molar-refractivity contribution is 0.0977. The summed E-state index contributed by atoms with van der Waals surface area (Å²) in [5.74, 6) is -1.11. The second-order valence-electron chi connectivity index (χ2n) is 5.43. The van der Waals surface area contributed by atoms with Crippen LogP contribution >= 0.6 is 0 Å². The van der Waals surface area contributed by atoms with E-state index in [2.05, 4.69) is 14.9 Å². The van der Waals surface area contributed by atoms with Gasteiger partial charge in [-0.1, -0.05) is 0 Å². The van der Waals surface area contributed by atoms with E-state index in [9.17, 15) is 14.4 Å². The van der Waals surface area contributed by atoms with Gasteiger partial charge >= 0.3 is 0 Å². The standard InChI is InChI=1S/C17H15FN4O/c18-13-4-5-15(20-11-13)14(9-19)17(23)12-3-6-16(21-10-12)22-7-1-2-8-22/h3-6,10-11,14H,1-2,7-8H2. The number of ketones is 1. The van der Waals surface area contributed by atoms with E-state index < -0.39 is 11.7 Å². The highest BCUT2D eigenvalue weighted by atomic mass is 19.1. The quantitative estimate of drug-likeness (QED) is 0.812. The number of Topliss-reactive ketones (excluding diaryl/α,β-unsaturated/α-hetero) is 1. The summed E-state index contributed by atoms with van der Waals surface area (Å²) in [5.41, 5.74) is 0.591. The molecule has 0 bridgehead atoms. The third-order valence-corrected chi connectivity index (χ3v) is 3.90. The first-order valence-electron chi connectivity index (χ1n) is 7.45. The molecular formula is C17H15FN4O. The summed E-state index contributed by atoms with van der Waals surface area (Å²) >= 11 is 0.